The van der Waals surface area contributed by atoms with E-state index in [1.807, 2.05) is 17.4 Å². The van der Waals surface area contributed by atoms with Crippen LogP contribution in [-0.4, -0.2) is 9.13 Å². The first-order valence-electron chi connectivity index (χ1n) is 23.2. The van der Waals surface area contributed by atoms with E-state index in [-0.39, 0.29) is 0 Å². The van der Waals surface area contributed by atoms with Gasteiger partial charge in [0.25, 0.3) is 0 Å². The average Bonchev–Trinajstić information content (AvgIpc) is 4.16. The minimum absolute atomic E-state index is 0.890. The topological polar surface area (TPSA) is 23.0 Å². The van der Waals surface area contributed by atoms with E-state index >= 15 is 0 Å². The zero-order chi connectivity index (χ0) is 44.5. The molecule has 0 fully saturated rings. The molecule has 316 valence electrons. The van der Waals surface area contributed by atoms with Crippen molar-refractivity contribution in [2.75, 3.05) is 0 Å². The number of para-hydroxylation sites is 2. The first kappa shape index (κ1) is 37.5. The van der Waals surface area contributed by atoms with E-state index in [2.05, 4.69) is 234 Å². The third-order valence-electron chi connectivity index (χ3n) is 14.3. The lowest BCUT2D eigenvalue weighted by molar-refractivity contribution is 0.666. The molecule has 68 heavy (non-hydrogen) atoms. The molecule has 0 aliphatic heterocycles. The van der Waals surface area contributed by atoms with Gasteiger partial charge in [0, 0.05) is 58.2 Å². The summed E-state index contributed by atoms with van der Waals surface area (Å²) >= 11 is 1.86. The van der Waals surface area contributed by atoms with E-state index < -0.39 is 0 Å². The van der Waals surface area contributed by atoms with Crippen LogP contribution in [0.15, 0.2) is 235 Å². The molecule has 3 nitrogen and oxygen atoms in total. The van der Waals surface area contributed by atoms with Gasteiger partial charge in [-0.05, 0) is 129 Å². The van der Waals surface area contributed by atoms with Crippen LogP contribution in [0.2, 0.25) is 0 Å². The number of hydrogen-bond acceptors (Lipinski definition) is 2. The van der Waals surface area contributed by atoms with Crippen LogP contribution in [-0.2, 0) is 0 Å². The van der Waals surface area contributed by atoms with Crippen molar-refractivity contribution in [3.63, 3.8) is 0 Å². The Morgan fingerprint density at radius 1 is 0.309 bits per heavy atom. The molecule has 11 aromatic carbocycles. The summed E-state index contributed by atoms with van der Waals surface area (Å²) in [5.74, 6) is 0. The quantitative estimate of drug-likeness (QED) is 0.169. The molecule has 15 aromatic rings. The predicted octanol–water partition coefficient (Wildman–Crippen LogP) is 18.3. The molecule has 0 atom stereocenters. The third-order valence-corrected chi connectivity index (χ3v) is 15.5. The van der Waals surface area contributed by atoms with Gasteiger partial charge in [0.15, 0.2) is 5.58 Å². The van der Waals surface area contributed by atoms with E-state index in [4.69, 9.17) is 4.42 Å². The van der Waals surface area contributed by atoms with Crippen LogP contribution in [0.3, 0.4) is 0 Å². The van der Waals surface area contributed by atoms with Crippen LogP contribution >= 0.6 is 11.3 Å². The SMILES string of the molecule is c1ccc(-c2ccc3c(c2)c2cc(-c4ccc5c(c4)c4c6ccccc6ccc4n5-c4ccc(-c5ccc6sc7ccccc7c6c5)cc4)ccc2n3-c2cccc3c2oc2ccccc23)cc1. The predicted molar refractivity (Wildman–Crippen MR) is 289 cm³/mol. The summed E-state index contributed by atoms with van der Waals surface area (Å²) in [4.78, 5) is 0. The van der Waals surface area contributed by atoms with Crippen molar-refractivity contribution in [1.82, 2.24) is 9.13 Å². The molecule has 4 heterocycles. The number of furan rings is 1. The highest BCUT2D eigenvalue weighted by molar-refractivity contribution is 7.25. The van der Waals surface area contributed by atoms with Crippen molar-refractivity contribution >= 4 is 108 Å². The Kier molecular flexibility index (Phi) is 7.94. The Labute approximate surface area is 394 Å². The number of aromatic nitrogens is 2. The first-order valence-corrected chi connectivity index (χ1v) is 24.0. The number of fused-ring (bicyclic) bond motifs is 14. The zero-order valence-corrected chi connectivity index (χ0v) is 37.5. The van der Waals surface area contributed by atoms with Crippen molar-refractivity contribution < 1.29 is 4.42 Å². The Balaban J connectivity index is 0.910. The second kappa shape index (κ2) is 14.4. The first-order chi connectivity index (χ1) is 33.7. The van der Waals surface area contributed by atoms with Crippen molar-refractivity contribution in [3.05, 3.63) is 231 Å². The lowest BCUT2D eigenvalue weighted by Gasteiger charge is -2.11. The summed E-state index contributed by atoms with van der Waals surface area (Å²) < 4.78 is 14.2. The van der Waals surface area contributed by atoms with E-state index in [1.165, 1.54) is 96.9 Å². The molecule has 4 heteroatoms. The molecule has 0 unspecified atom stereocenters. The van der Waals surface area contributed by atoms with Crippen molar-refractivity contribution in [3.8, 4) is 44.8 Å². The van der Waals surface area contributed by atoms with Gasteiger partial charge in [-0.3, -0.25) is 0 Å². The molecule has 0 radical (unpaired) electrons. The summed E-state index contributed by atoms with van der Waals surface area (Å²) in [7, 11) is 0. The molecule has 4 aromatic heterocycles. The van der Waals surface area contributed by atoms with Crippen LogP contribution < -0.4 is 0 Å². The largest absolute Gasteiger partial charge is 0.454 e. The van der Waals surface area contributed by atoms with Gasteiger partial charge in [0.1, 0.15) is 5.58 Å². The Hall–Kier alpha value is -8.70. The van der Waals surface area contributed by atoms with Crippen LogP contribution in [0.1, 0.15) is 0 Å². The number of nitrogens with zero attached hydrogens (tertiary/aromatic N) is 2. The average molecular weight is 883 g/mol. The van der Waals surface area contributed by atoms with E-state index in [9.17, 15) is 0 Å². The summed E-state index contributed by atoms with van der Waals surface area (Å²) in [6.45, 7) is 0. The lowest BCUT2D eigenvalue weighted by atomic mass is 9.98. The van der Waals surface area contributed by atoms with Gasteiger partial charge in [-0.1, -0.05) is 146 Å². The maximum Gasteiger partial charge on any atom is 0.159 e. The molecular weight excluding hydrogens is 845 g/mol. The number of rotatable bonds is 5. The molecule has 0 bridgehead atoms. The zero-order valence-electron chi connectivity index (χ0n) is 36.7. The van der Waals surface area contributed by atoms with Gasteiger partial charge in [-0.25, -0.2) is 0 Å². The molecule has 15 rings (SSSR count). The van der Waals surface area contributed by atoms with Crippen molar-refractivity contribution in [2.24, 2.45) is 0 Å². The molecule has 0 saturated heterocycles. The Morgan fingerprint density at radius 3 is 1.63 bits per heavy atom. The van der Waals surface area contributed by atoms with Crippen LogP contribution in [0.5, 0.6) is 0 Å². The molecule has 0 spiro atoms. The minimum atomic E-state index is 0.890. The third kappa shape index (κ3) is 5.53. The van der Waals surface area contributed by atoms with Crippen molar-refractivity contribution in [1.29, 1.82) is 0 Å². The van der Waals surface area contributed by atoms with Crippen LogP contribution in [0.25, 0.3) is 141 Å². The highest BCUT2D eigenvalue weighted by Crippen LogP contribution is 2.44. The van der Waals surface area contributed by atoms with Gasteiger partial charge < -0.3 is 13.6 Å². The summed E-state index contributed by atoms with van der Waals surface area (Å²) in [6.07, 6.45) is 0. The maximum atomic E-state index is 6.66. The van der Waals surface area contributed by atoms with E-state index in [1.54, 1.807) is 0 Å². The van der Waals surface area contributed by atoms with Gasteiger partial charge in [-0.2, -0.15) is 0 Å². The monoisotopic (exact) mass is 882 g/mol. The highest BCUT2D eigenvalue weighted by atomic mass is 32.1. The highest BCUT2D eigenvalue weighted by Gasteiger charge is 2.21. The van der Waals surface area contributed by atoms with Crippen molar-refractivity contribution in [2.45, 2.75) is 0 Å². The number of thiophene rings is 1. The molecule has 0 N–H and O–H groups in total. The summed E-state index contributed by atoms with van der Waals surface area (Å²) in [5, 5.41) is 12.3. The smallest absolute Gasteiger partial charge is 0.159 e. The minimum Gasteiger partial charge on any atom is -0.454 e. The second-order valence-corrected chi connectivity index (χ2v) is 19.1. The summed E-state index contributed by atoms with van der Waals surface area (Å²) in [6, 6.07) is 84.6. The number of benzene rings is 11. The number of hydrogen-bond donors (Lipinski definition) is 0. The summed E-state index contributed by atoms with van der Waals surface area (Å²) in [5.41, 5.74) is 15.8. The Bertz CT molecular complexity index is 4550. The second-order valence-electron chi connectivity index (χ2n) is 18.0. The maximum absolute atomic E-state index is 6.66. The van der Waals surface area contributed by atoms with Gasteiger partial charge >= 0.3 is 0 Å². The molecule has 0 aliphatic carbocycles. The molecular formula is C64H38N2OS. The Morgan fingerprint density at radius 2 is 0.853 bits per heavy atom. The normalized spacial score (nSPS) is 12.1. The molecule has 0 amide bonds. The molecule has 0 aliphatic rings. The fraction of sp³-hybridized carbons (Fsp3) is 0. The van der Waals surface area contributed by atoms with Gasteiger partial charge in [-0.15, -0.1) is 11.3 Å². The fourth-order valence-corrected chi connectivity index (χ4v) is 12.2. The van der Waals surface area contributed by atoms with E-state index in [0.717, 1.165) is 44.3 Å². The lowest BCUT2D eigenvalue weighted by Crippen LogP contribution is -1.94. The van der Waals surface area contributed by atoms with E-state index in [0.29, 0.717) is 0 Å². The van der Waals surface area contributed by atoms with Gasteiger partial charge in [0.05, 0.1) is 27.8 Å². The van der Waals surface area contributed by atoms with Gasteiger partial charge in [0.2, 0.25) is 0 Å². The molecule has 0 saturated carbocycles. The van der Waals surface area contributed by atoms with Crippen LogP contribution in [0.4, 0.5) is 0 Å². The van der Waals surface area contributed by atoms with Crippen LogP contribution in [0, 0.1) is 0 Å². The fourth-order valence-electron chi connectivity index (χ4n) is 11.1. The standard InChI is InChI=1S/C64H38N2OS/c1-2-11-39(12-3-1)42-24-30-55-51(35-42)52-36-44(25-31-56(52)66(55)59-18-10-17-50-48-15-6-8-19-60(48)67-64(50)59)45-26-32-57-54(38-45)63-47-14-5-4-13-41(47)23-33-58(63)65(57)46-28-21-40(22-29-46)43-27-34-62-53(37-43)49-16-7-9-20-61(49)68-62/h1-38H.